The van der Waals surface area contributed by atoms with Crippen LogP contribution in [0.3, 0.4) is 0 Å². The van der Waals surface area contributed by atoms with Crippen LogP contribution in [0.5, 0.6) is 0 Å². The highest BCUT2D eigenvalue weighted by Crippen LogP contribution is 2.26. The second kappa shape index (κ2) is 6.47. The van der Waals surface area contributed by atoms with Crippen LogP contribution in [0.1, 0.15) is 45.7 Å². The van der Waals surface area contributed by atoms with Gasteiger partial charge in [0.05, 0.1) is 5.25 Å². The molecule has 0 heterocycles. The first kappa shape index (κ1) is 16.1. The van der Waals surface area contributed by atoms with Gasteiger partial charge in [0.25, 0.3) is 0 Å². The SMILES string of the molecule is CC(C)C(SCc1ccc(C(C)(C)C)cc1)C(N)=O. The second-order valence-corrected chi connectivity index (χ2v) is 7.45. The molecule has 0 aliphatic rings. The maximum Gasteiger partial charge on any atom is 0.230 e. The fourth-order valence-corrected chi connectivity index (χ4v) is 3.00. The third-order valence-electron chi connectivity index (χ3n) is 3.14. The largest absolute Gasteiger partial charge is 0.369 e. The quantitative estimate of drug-likeness (QED) is 0.892. The van der Waals surface area contributed by atoms with Crippen LogP contribution in [0.15, 0.2) is 24.3 Å². The maximum atomic E-state index is 11.3. The molecule has 1 amide bonds. The number of benzene rings is 1. The van der Waals surface area contributed by atoms with Crippen molar-refractivity contribution >= 4 is 17.7 Å². The number of carbonyl (C=O) groups is 1. The van der Waals surface area contributed by atoms with Gasteiger partial charge in [-0.3, -0.25) is 4.79 Å². The third-order valence-corrected chi connectivity index (χ3v) is 4.77. The molecule has 1 aromatic rings. The predicted molar refractivity (Wildman–Crippen MR) is 84.3 cm³/mol. The van der Waals surface area contributed by atoms with Crippen molar-refractivity contribution in [3.05, 3.63) is 35.4 Å². The summed E-state index contributed by atoms with van der Waals surface area (Å²) < 4.78 is 0. The van der Waals surface area contributed by atoms with E-state index in [1.165, 1.54) is 11.1 Å². The van der Waals surface area contributed by atoms with Crippen LogP contribution < -0.4 is 5.73 Å². The molecule has 0 saturated carbocycles. The second-order valence-electron chi connectivity index (χ2n) is 6.32. The van der Waals surface area contributed by atoms with Crippen molar-refractivity contribution in [2.75, 3.05) is 0 Å². The molecule has 0 fully saturated rings. The molecule has 0 saturated heterocycles. The lowest BCUT2D eigenvalue weighted by molar-refractivity contribution is -0.118. The molecule has 2 nitrogen and oxygen atoms in total. The molecule has 0 aliphatic carbocycles. The van der Waals surface area contributed by atoms with Gasteiger partial charge in [-0.25, -0.2) is 0 Å². The van der Waals surface area contributed by atoms with E-state index < -0.39 is 0 Å². The summed E-state index contributed by atoms with van der Waals surface area (Å²) in [5, 5.41) is -0.109. The van der Waals surface area contributed by atoms with Gasteiger partial charge in [0, 0.05) is 5.75 Å². The Morgan fingerprint density at radius 2 is 1.74 bits per heavy atom. The monoisotopic (exact) mass is 279 g/mol. The van der Waals surface area contributed by atoms with Crippen LogP contribution in [0.4, 0.5) is 0 Å². The van der Waals surface area contributed by atoms with Gasteiger partial charge in [-0.15, -0.1) is 11.8 Å². The van der Waals surface area contributed by atoms with Gasteiger partial charge >= 0.3 is 0 Å². The highest BCUT2D eigenvalue weighted by molar-refractivity contribution is 7.99. The number of hydrogen-bond acceptors (Lipinski definition) is 2. The normalized spacial score (nSPS) is 13.6. The summed E-state index contributed by atoms with van der Waals surface area (Å²) in [5.74, 6) is 0.888. The number of rotatable bonds is 5. The lowest BCUT2D eigenvalue weighted by Crippen LogP contribution is -2.30. The van der Waals surface area contributed by atoms with E-state index in [9.17, 15) is 4.79 Å². The average Bonchev–Trinajstić information content (AvgIpc) is 2.27. The molecule has 3 heteroatoms. The van der Waals surface area contributed by atoms with Crippen molar-refractivity contribution in [3.63, 3.8) is 0 Å². The number of thioether (sulfide) groups is 1. The molecule has 0 aromatic heterocycles. The minimum absolute atomic E-state index is 0.109. The molecule has 0 aliphatic heterocycles. The minimum atomic E-state index is -0.216. The summed E-state index contributed by atoms with van der Waals surface area (Å²) in [6, 6.07) is 8.63. The van der Waals surface area contributed by atoms with E-state index >= 15 is 0 Å². The van der Waals surface area contributed by atoms with Crippen LogP contribution in [0.2, 0.25) is 0 Å². The molecule has 1 unspecified atom stereocenters. The van der Waals surface area contributed by atoms with E-state index in [0.29, 0.717) is 0 Å². The number of hydrogen-bond donors (Lipinski definition) is 1. The van der Waals surface area contributed by atoms with Crippen LogP contribution in [0.25, 0.3) is 0 Å². The topological polar surface area (TPSA) is 43.1 Å². The Morgan fingerprint density at radius 3 is 2.11 bits per heavy atom. The maximum absolute atomic E-state index is 11.3. The van der Waals surface area contributed by atoms with E-state index in [1.54, 1.807) is 11.8 Å². The lowest BCUT2D eigenvalue weighted by atomic mass is 9.87. The minimum Gasteiger partial charge on any atom is -0.369 e. The van der Waals surface area contributed by atoms with Crippen molar-refractivity contribution in [1.82, 2.24) is 0 Å². The molecule has 106 valence electrons. The fraction of sp³-hybridized carbons (Fsp3) is 0.562. The van der Waals surface area contributed by atoms with Gasteiger partial charge in [-0.2, -0.15) is 0 Å². The summed E-state index contributed by atoms with van der Waals surface area (Å²) in [5.41, 5.74) is 8.17. The van der Waals surface area contributed by atoms with Crippen molar-refractivity contribution in [2.45, 2.75) is 51.0 Å². The van der Waals surface area contributed by atoms with Gasteiger partial charge in [0.1, 0.15) is 0 Å². The zero-order chi connectivity index (χ0) is 14.6. The van der Waals surface area contributed by atoms with Crippen LogP contribution in [-0.2, 0) is 16.0 Å². The number of carbonyl (C=O) groups excluding carboxylic acids is 1. The van der Waals surface area contributed by atoms with E-state index in [1.807, 2.05) is 13.8 Å². The Bertz CT molecular complexity index is 417. The van der Waals surface area contributed by atoms with Gasteiger partial charge in [0.2, 0.25) is 5.91 Å². The highest BCUT2D eigenvalue weighted by Gasteiger charge is 2.20. The molecule has 2 N–H and O–H groups in total. The van der Waals surface area contributed by atoms with Gasteiger partial charge in [-0.05, 0) is 22.5 Å². The molecule has 0 spiro atoms. The van der Waals surface area contributed by atoms with Gasteiger partial charge in [0.15, 0.2) is 0 Å². The van der Waals surface area contributed by atoms with Crippen molar-refractivity contribution in [3.8, 4) is 0 Å². The van der Waals surface area contributed by atoms with Crippen LogP contribution >= 0.6 is 11.8 Å². The fourth-order valence-electron chi connectivity index (χ4n) is 1.89. The summed E-state index contributed by atoms with van der Waals surface area (Å²) in [7, 11) is 0. The summed E-state index contributed by atoms with van der Waals surface area (Å²) in [4.78, 5) is 11.3. The lowest BCUT2D eigenvalue weighted by Gasteiger charge is -2.20. The smallest absolute Gasteiger partial charge is 0.230 e. The standard InChI is InChI=1S/C16H25NOS/c1-11(2)14(15(17)18)19-10-12-6-8-13(9-7-12)16(3,4)5/h6-9,11,14H,10H2,1-5H3,(H2,17,18). The molecule has 1 atom stereocenters. The molecule has 1 aromatic carbocycles. The average molecular weight is 279 g/mol. The Balaban J connectivity index is 2.66. The third kappa shape index (κ3) is 4.90. The first-order valence-electron chi connectivity index (χ1n) is 6.72. The summed E-state index contributed by atoms with van der Waals surface area (Å²) in [6.07, 6.45) is 0. The zero-order valence-electron chi connectivity index (χ0n) is 12.6. The summed E-state index contributed by atoms with van der Waals surface area (Å²) in [6.45, 7) is 10.7. The Kier molecular flexibility index (Phi) is 5.48. The van der Waals surface area contributed by atoms with Crippen molar-refractivity contribution in [1.29, 1.82) is 0 Å². The van der Waals surface area contributed by atoms with Gasteiger partial charge < -0.3 is 5.73 Å². The predicted octanol–water partition coefficient (Wildman–Crippen LogP) is 3.73. The van der Waals surface area contributed by atoms with Crippen LogP contribution in [-0.4, -0.2) is 11.2 Å². The first-order valence-corrected chi connectivity index (χ1v) is 7.77. The van der Waals surface area contributed by atoms with Crippen LogP contribution in [0, 0.1) is 5.92 Å². The Morgan fingerprint density at radius 1 is 1.21 bits per heavy atom. The summed E-state index contributed by atoms with van der Waals surface area (Å²) >= 11 is 1.63. The van der Waals surface area contributed by atoms with Gasteiger partial charge in [-0.1, -0.05) is 58.9 Å². The molecular formula is C16H25NOS. The van der Waals surface area contributed by atoms with Crippen molar-refractivity contribution in [2.24, 2.45) is 11.7 Å². The van der Waals surface area contributed by atoms with Crippen molar-refractivity contribution < 1.29 is 4.79 Å². The number of primary amides is 1. The molecule has 0 radical (unpaired) electrons. The van der Waals surface area contributed by atoms with E-state index in [0.717, 1.165) is 5.75 Å². The van der Waals surface area contributed by atoms with E-state index in [-0.39, 0.29) is 22.5 Å². The van der Waals surface area contributed by atoms with E-state index in [4.69, 9.17) is 5.73 Å². The number of nitrogens with two attached hydrogens (primary N) is 1. The Labute approximate surface area is 121 Å². The van der Waals surface area contributed by atoms with E-state index in [2.05, 4.69) is 45.0 Å². The molecule has 0 bridgehead atoms. The Hall–Kier alpha value is -0.960. The molecule has 19 heavy (non-hydrogen) atoms. The number of amides is 1. The first-order chi connectivity index (χ1) is 8.71. The highest BCUT2D eigenvalue weighted by atomic mass is 32.2. The molecule has 1 rings (SSSR count). The zero-order valence-corrected chi connectivity index (χ0v) is 13.4. The molecular weight excluding hydrogens is 254 g/mol.